The van der Waals surface area contributed by atoms with E-state index in [9.17, 15) is 26.3 Å². The topological polar surface area (TPSA) is 54.4 Å². The van der Waals surface area contributed by atoms with Crippen LogP contribution in [0.1, 0.15) is 67.8 Å². The van der Waals surface area contributed by atoms with E-state index in [1.165, 1.54) is 45.0 Å². The predicted molar refractivity (Wildman–Crippen MR) is 179 cm³/mol. The van der Waals surface area contributed by atoms with Gasteiger partial charge in [-0.25, -0.2) is 9.97 Å². The van der Waals surface area contributed by atoms with Crippen LogP contribution in [0.15, 0.2) is 61.1 Å². The lowest BCUT2D eigenvalue weighted by Crippen LogP contribution is -2.29. The van der Waals surface area contributed by atoms with Crippen molar-refractivity contribution in [2.24, 2.45) is 5.92 Å². The average molecular weight is 692 g/mol. The molecule has 4 aromatic rings. The van der Waals surface area contributed by atoms with Crippen LogP contribution in [-0.4, -0.2) is 46.7 Å². The van der Waals surface area contributed by atoms with E-state index in [0.717, 1.165) is 47.6 Å². The van der Waals surface area contributed by atoms with E-state index in [0.29, 0.717) is 23.8 Å². The number of hydrogen-bond acceptors (Lipinski definition) is 7. The SMILES string of the molecule is CCN(CC1CCCC1)c1ccc2ncc(CN(c3ncc(OCCSC)cn3)C(C)c3cc(C(F)(F)F)cc(C(F)(F)F)c3)cc2c1. The third-order valence-corrected chi connectivity index (χ3v) is 9.34. The number of fused-ring (bicyclic) bond motifs is 1. The van der Waals surface area contributed by atoms with Crippen LogP contribution >= 0.6 is 11.8 Å². The highest BCUT2D eigenvalue weighted by Gasteiger charge is 2.38. The second-order valence-corrected chi connectivity index (χ2v) is 13.1. The van der Waals surface area contributed by atoms with Gasteiger partial charge in [-0.1, -0.05) is 12.8 Å². The fourth-order valence-corrected chi connectivity index (χ4v) is 6.37. The number of hydrogen-bond donors (Lipinski definition) is 0. The van der Waals surface area contributed by atoms with Crippen LogP contribution < -0.4 is 14.5 Å². The van der Waals surface area contributed by atoms with Gasteiger partial charge in [-0.3, -0.25) is 4.98 Å². The summed E-state index contributed by atoms with van der Waals surface area (Å²) in [6.07, 6.45) is 1.53. The van der Waals surface area contributed by atoms with Gasteiger partial charge in [0, 0.05) is 42.7 Å². The third kappa shape index (κ3) is 8.83. The number of anilines is 2. The van der Waals surface area contributed by atoms with Crippen LogP contribution in [0, 0.1) is 5.92 Å². The smallest absolute Gasteiger partial charge is 0.416 e. The summed E-state index contributed by atoms with van der Waals surface area (Å²) in [5, 5.41) is 0.874. The molecule has 48 heavy (non-hydrogen) atoms. The Bertz CT molecular complexity index is 1630. The fourth-order valence-electron chi connectivity index (χ4n) is 6.12. The summed E-state index contributed by atoms with van der Waals surface area (Å²) in [6, 6.07) is 8.70. The molecule has 5 rings (SSSR count). The van der Waals surface area contributed by atoms with Crippen LogP contribution in [0.4, 0.5) is 38.0 Å². The lowest BCUT2D eigenvalue weighted by molar-refractivity contribution is -0.143. The maximum absolute atomic E-state index is 13.8. The van der Waals surface area contributed by atoms with Gasteiger partial charge in [0.2, 0.25) is 5.95 Å². The predicted octanol–water partition coefficient (Wildman–Crippen LogP) is 9.59. The first-order valence-electron chi connectivity index (χ1n) is 16.0. The molecular formula is C35H39F6N5OS. The molecule has 1 atom stereocenters. The number of nitrogens with zero attached hydrogens (tertiary/aromatic N) is 5. The quantitative estimate of drug-likeness (QED) is 0.102. The maximum Gasteiger partial charge on any atom is 0.416 e. The Labute approximate surface area is 280 Å². The van der Waals surface area contributed by atoms with Gasteiger partial charge in [0.15, 0.2) is 5.75 Å². The van der Waals surface area contributed by atoms with Crippen molar-refractivity contribution in [3.8, 4) is 5.75 Å². The molecule has 1 saturated carbocycles. The Kier molecular flexibility index (Phi) is 11.3. The van der Waals surface area contributed by atoms with Gasteiger partial charge in [-0.2, -0.15) is 38.1 Å². The first-order chi connectivity index (χ1) is 22.9. The first-order valence-corrected chi connectivity index (χ1v) is 17.4. The van der Waals surface area contributed by atoms with E-state index < -0.39 is 29.5 Å². The molecule has 0 radical (unpaired) electrons. The molecule has 2 aromatic heterocycles. The molecule has 1 unspecified atom stereocenters. The number of thioether (sulfide) groups is 1. The summed E-state index contributed by atoms with van der Waals surface area (Å²) < 4.78 is 88.4. The van der Waals surface area contributed by atoms with Gasteiger partial charge in [0.1, 0.15) is 0 Å². The number of benzene rings is 2. The van der Waals surface area contributed by atoms with E-state index in [1.807, 2.05) is 18.4 Å². The summed E-state index contributed by atoms with van der Waals surface area (Å²) in [4.78, 5) is 17.4. The highest BCUT2D eigenvalue weighted by atomic mass is 32.2. The van der Waals surface area contributed by atoms with Crippen molar-refractivity contribution in [2.45, 2.75) is 64.5 Å². The average Bonchev–Trinajstić information content (AvgIpc) is 3.58. The lowest BCUT2D eigenvalue weighted by atomic mass is 9.99. The van der Waals surface area contributed by atoms with E-state index in [2.05, 4.69) is 38.9 Å². The zero-order valence-electron chi connectivity index (χ0n) is 27.1. The molecule has 1 fully saturated rings. The van der Waals surface area contributed by atoms with Crippen molar-refractivity contribution < 1.29 is 31.1 Å². The lowest BCUT2D eigenvalue weighted by Gasteiger charge is -2.31. The van der Waals surface area contributed by atoms with E-state index in [-0.39, 0.29) is 24.1 Å². The third-order valence-electron chi connectivity index (χ3n) is 8.76. The standard InChI is InChI=1S/C35H39F6N5OS/c1-4-45(21-24-7-5-6-8-24)30-9-10-32-27(16-30)13-25(18-42-32)22-46(33-43-19-31(20-44-33)47-11-12-48-3)23(2)26-14-28(34(36,37)38)17-29(15-26)35(39,40)41/h9-10,13-20,23-24H,4-8,11-12,21-22H2,1-3H3. The van der Waals surface area contributed by atoms with Gasteiger partial charge in [0.05, 0.1) is 41.7 Å². The fraction of sp³-hybridized carbons (Fsp3) is 0.457. The van der Waals surface area contributed by atoms with Crippen LogP contribution in [0.5, 0.6) is 5.75 Å². The molecule has 0 bridgehead atoms. The number of ether oxygens (including phenoxy) is 1. The Morgan fingerprint density at radius 2 is 1.56 bits per heavy atom. The summed E-state index contributed by atoms with van der Waals surface area (Å²) in [5.74, 6) is 1.93. The van der Waals surface area contributed by atoms with Crippen molar-refractivity contribution in [3.63, 3.8) is 0 Å². The van der Waals surface area contributed by atoms with Crippen LogP contribution in [-0.2, 0) is 18.9 Å². The first kappa shape index (κ1) is 35.6. The number of aromatic nitrogens is 3. The second-order valence-electron chi connectivity index (χ2n) is 12.1. The minimum Gasteiger partial charge on any atom is -0.489 e. The van der Waals surface area contributed by atoms with Gasteiger partial charge in [-0.05, 0) is 92.5 Å². The molecule has 0 spiro atoms. The molecule has 258 valence electrons. The Balaban J connectivity index is 1.51. The van der Waals surface area contributed by atoms with E-state index in [1.54, 1.807) is 22.9 Å². The van der Waals surface area contributed by atoms with Crippen molar-refractivity contribution in [1.82, 2.24) is 15.0 Å². The normalized spacial score (nSPS) is 14.8. The summed E-state index contributed by atoms with van der Waals surface area (Å²) in [6.45, 7) is 5.99. The van der Waals surface area contributed by atoms with Crippen LogP contribution in [0.25, 0.3) is 10.9 Å². The zero-order valence-corrected chi connectivity index (χ0v) is 27.9. The number of alkyl halides is 6. The molecule has 0 aliphatic heterocycles. The molecule has 0 amide bonds. The monoisotopic (exact) mass is 691 g/mol. The highest BCUT2D eigenvalue weighted by Crippen LogP contribution is 2.39. The molecule has 2 heterocycles. The minimum absolute atomic E-state index is 0.0676. The molecule has 0 N–H and O–H groups in total. The Hall–Kier alpha value is -3.74. The molecule has 6 nitrogen and oxygen atoms in total. The van der Waals surface area contributed by atoms with Gasteiger partial charge in [-0.15, -0.1) is 0 Å². The number of pyridine rings is 1. The van der Waals surface area contributed by atoms with Crippen molar-refractivity contribution in [1.29, 1.82) is 0 Å². The molecule has 0 saturated heterocycles. The van der Waals surface area contributed by atoms with Gasteiger partial charge in [0.25, 0.3) is 0 Å². The van der Waals surface area contributed by atoms with Crippen molar-refractivity contribution in [3.05, 3.63) is 83.3 Å². The van der Waals surface area contributed by atoms with Crippen LogP contribution in [0.3, 0.4) is 0 Å². The van der Waals surface area contributed by atoms with Gasteiger partial charge < -0.3 is 14.5 Å². The van der Waals surface area contributed by atoms with E-state index >= 15 is 0 Å². The number of rotatable bonds is 13. The summed E-state index contributed by atoms with van der Waals surface area (Å²) >= 11 is 1.61. The highest BCUT2D eigenvalue weighted by molar-refractivity contribution is 7.98. The molecule has 1 aliphatic carbocycles. The largest absolute Gasteiger partial charge is 0.489 e. The van der Waals surface area contributed by atoms with E-state index in [4.69, 9.17) is 4.74 Å². The molecule has 1 aliphatic rings. The molecule has 13 heteroatoms. The summed E-state index contributed by atoms with van der Waals surface area (Å²) in [7, 11) is 0. The second kappa shape index (κ2) is 15.2. The summed E-state index contributed by atoms with van der Waals surface area (Å²) in [5.41, 5.74) is -0.397. The number of halogens is 6. The zero-order chi connectivity index (χ0) is 34.5. The Morgan fingerprint density at radius 1 is 0.896 bits per heavy atom. The molecular weight excluding hydrogens is 652 g/mol. The molecule has 2 aromatic carbocycles. The van der Waals surface area contributed by atoms with Crippen molar-refractivity contribution >= 4 is 34.3 Å². The van der Waals surface area contributed by atoms with Gasteiger partial charge >= 0.3 is 12.4 Å². The Morgan fingerprint density at radius 3 is 2.17 bits per heavy atom. The van der Waals surface area contributed by atoms with Crippen molar-refractivity contribution in [2.75, 3.05) is 41.5 Å². The minimum atomic E-state index is -4.98. The maximum atomic E-state index is 13.8. The van der Waals surface area contributed by atoms with Crippen LogP contribution in [0.2, 0.25) is 0 Å².